The van der Waals surface area contributed by atoms with Gasteiger partial charge in [-0.15, -0.1) is 0 Å². The first-order valence-corrected chi connectivity index (χ1v) is 7.44. The minimum Gasteiger partial charge on any atom is -0.493 e. The summed E-state index contributed by atoms with van der Waals surface area (Å²) in [6, 6.07) is 5.91. The third-order valence-corrected chi connectivity index (χ3v) is 3.86. The van der Waals surface area contributed by atoms with E-state index >= 15 is 0 Å². The maximum absolute atomic E-state index is 11.1. The number of anilines is 1. The van der Waals surface area contributed by atoms with Crippen molar-refractivity contribution in [1.82, 2.24) is 0 Å². The molecule has 1 aromatic carbocycles. The summed E-state index contributed by atoms with van der Waals surface area (Å²) in [4.78, 5) is 11.1. The Hall–Kier alpha value is -1.91. The van der Waals surface area contributed by atoms with E-state index in [4.69, 9.17) is 14.6 Å². The van der Waals surface area contributed by atoms with E-state index < -0.39 is 5.97 Å². The van der Waals surface area contributed by atoms with Crippen molar-refractivity contribution < 1.29 is 19.4 Å². The Balaban J connectivity index is 2.05. The number of hydrogen-bond acceptors (Lipinski definition) is 4. The van der Waals surface area contributed by atoms with Gasteiger partial charge in [0.15, 0.2) is 11.5 Å². The van der Waals surface area contributed by atoms with Gasteiger partial charge in [-0.1, -0.05) is 6.42 Å². The van der Waals surface area contributed by atoms with E-state index in [0.29, 0.717) is 24.5 Å². The number of hydrogen-bond donors (Lipinski definition) is 2. The highest BCUT2D eigenvalue weighted by Crippen LogP contribution is 2.32. The van der Waals surface area contributed by atoms with Gasteiger partial charge in [-0.3, -0.25) is 4.79 Å². The van der Waals surface area contributed by atoms with Crippen molar-refractivity contribution in [3.05, 3.63) is 18.2 Å². The minimum atomic E-state index is -0.689. The number of benzene rings is 1. The summed E-state index contributed by atoms with van der Waals surface area (Å²) < 4.78 is 10.8. The summed E-state index contributed by atoms with van der Waals surface area (Å²) in [5.41, 5.74) is 0.940. The first-order chi connectivity index (χ1) is 10.1. The molecule has 1 saturated carbocycles. The zero-order valence-electron chi connectivity index (χ0n) is 12.6. The van der Waals surface area contributed by atoms with E-state index in [0.717, 1.165) is 24.9 Å². The van der Waals surface area contributed by atoms with Gasteiger partial charge in [0.25, 0.3) is 0 Å². The van der Waals surface area contributed by atoms with Gasteiger partial charge < -0.3 is 19.9 Å². The molecule has 0 aromatic heterocycles. The van der Waals surface area contributed by atoms with Crippen LogP contribution in [0.15, 0.2) is 18.2 Å². The van der Waals surface area contributed by atoms with Crippen LogP contribution in [0.3, 0.4) is 0 Å². The van der Waals surface area contributed by atoms with Crippen LogP contribution in [0.5, 0.6) is 11.5 Å². The van der Waals surface area contributed by atoms with E-state index in [9.17, 15) is 4.79 Å². The molecule has 0 aliphatic heterocycles. The molecule has 0 bridgehead atoms. The molecule has 2 unspecified atom stereocenters. The molecule has 0 heterocycles. The molecule has 0 radical (unpaired) electrons. The largest absolute Gasteiger partial charge is 0.493 e. The van der Waals surface area contributed by atoms with E-state index in [-0.39, 0.29) is 12.0 Å². The van der Waals surface area contributed by atoms with Crippen LogP contribution in [-0.4, -0.2) is 30.8 Å². The lowest BCUT2D eigenvalue weighted by Gasteiger charge is -2.28. The lowest BCUT2D eigenvalue weighted by Crippen LogP contribution is -2.30. The van der Waals surface area contributed by atoms with Gasteiger partial charge in [0.1, 0.15) is 0 Å². The predicted molar refractivity (Wildman–Crippen MR) is 81.2 cm³/mol. The Morgan fingerprint density at radius 3 is 2.86 bits per heavy atom. The second kappa shape index (κ2) is 7.20. The molecule has 0 amide bonds. The quantitative estimate of drug-likeness (QED) is 0.843. The van der Waals surface area contributed by atoms with Gasteiger partial charge in [0.05, 0.1) is 19.6 Å². The van der Waals surface area contributed by atoms with Crippen molar-refractivity contribution in [3.8, 4) is 11.5 Å². The molecular formula is C16H23NO4. The average Bonchev–Trinajstić information content (AvgIpc) is 2.48. The Labute approximate surface area is 125 Å². The molecule has 1 fully saturated rings. The zero-order valence-corrected chi connectivity index (χ0v) is 12.6. The van der Waals surface area contributed by atoms with Crippen LogP contribution in [0.4, 0.5) is 5.69 Å². The molecule has 5 heteroatoms. The molecule has 21 heavy (non-hydrogen) atoms. The van der Waals surface area contributed by atoms with Crippen LogP contribution in [0.25, 0.3) is 0 Å². The Kier molecular flexibility index (Phi) is 5.31. The zero-order chi connectivity index (χ0) is 15.2. The molecule has 2 N–H and O–H groups in total. The number of nitrogens with one attached hydrogen (secondary N) is 1. The van der Waals surface area contributed by atoms with Crippen molar-refractivity contribution in [2.75, 3.05) is 19.0 Å². The minimum absolute atomic E-state index is 0.197. The highest BCUT2D eigenvalue weighted by molar-refractivity contribution is 5.70. The Morgan fingerprint density at radius 2 is 2.19 bits per heavy atom. The first-order valence-electron chi connectivity index (χ1n) is 7.44. The topological polar surface area (TPSA) is 67.8 Å². The fraction of sp³-hybridized carbons (Fsp3) is 0.562. The van der Waals surface area contributed by atoms with E-state index in [2.05, 4.69) is 5.32 Å². The number of carboxylic acids is 1. The highest BCUT2D eigenvalue weighted by atomic mass is 16.5. The lowest BCUT2D eigenvalue weighted by atomic mass is 9.85. The molecule has 1 aliphatic carbocycles. The number of ether oxygens (including phenoxy) is 2. The van der Waals surface area contributed by atoms with Crippen LogP contribution in [0.2, 0.25) is 0 Å². The maximum atomic E-state index is 11.1. The van der Waals surface area contributed by atoms with E-state index in [1.807, 2.05) is 25.1 Å². The number of carboxylic acid groups (broad SMARTS) is 1. The van der Waals surface area contributed by atoms with Gasteiger partial charge in [-0.05, 0) is 38.3 Å². The van der Waals surface area contributed by atoms with Crippen LogP contribution in [-0.2, 0) is 4.79 Å². The van der Waals surface area contributed by atoms with Crippen molar-refractivity contribution in [3.63, 3.8) is 0 Å². The third kappa shape index (κ3) is 4.03. The van der Waals surface area contributed by atoms with Crippen LogP contribution < -0.4 is 14.8 Å². The van der Waals surface area contributed by atoms with Crippen molar-refractivity contribution >= 4 is 11.7 Å². The van der Waals surface area contributed by atoms with Gasteiger partial charge in [0.2, 0.25) is 0 Å². The van der Waals surface area contributed by atoms with Gasteiger partial charge in [-0.25, -0.2) is 0 Å². The first kappa shape index (κ1) is 15.5. The normalized spacial score (nSPS) is 21.6. The number of methoxy groups -OCH3 is 1. The fourth-order valence-corrected chi connectivity index (χ4v) is 2.82. The Bertz CT molecular complexity index is 489. The molecule has 0 spiro atoms. The molecule has 2 rings (SSSR count). The number of aliphatic carboxylic acids is 1. The molecular weight excluding hydrogens is 270 g/mol. The molecule has 0 saturated heterocycles. The second-order valence-electron chi connectivity index (χ2n) is 5.34. The second-order valence-corrected chi connectivity index (χ2v) is 5.34. The number of rotatable bonds is 6. The summed E-state index contributed by atoms with van der Waals surface area (Å²) in [5, 5.41) is 12.6. The molecule has 5 nitrogen and oxygen atoms in total. The van der Waals surface area contributed by atoms with Crippen molar-refractivity contribution in [2.24, 2.45) is 5.92 Å². The average molecular weight is 293 g/mol. The smallest absolute Gasteiger partial charge is 0.306 e. The highest BCUT2D eigenvalue weighted by Gasteiger charge is 2.26. The van der Waals surface area contributed by atoms with Crippen molar-refractivity contribution in [1.29, 1.82) is 0 Å². The van der Waals surface area contributed by atoms with Crippen molar-refractivity contribution in [2.45, 2.75) is 38.6 Å². The van der Waals surface area contributed by atoms with Gasteiger partial charge in [0, 0.05) is 17.8 Å². The fourth-order valence-electron chi connectivity index (χ4n) is 2.82. The Morgan fingerprint density at radius 1 is 1.38 bits per heavy atom. The SMILES string of the molecule is CCOc1cc(NC2CCCC(C(=O)O)C2)ccc1OC. The monoisotopic (exact) mass is 293 g/mol. The van der Waals surface area contributed by atoms with Gasteiger partial charge in [-0.2, -0.15) is 0 Å². The van der Waals surface area contributed by atoms with Gasteiger partial charge >= 0.3 is 5.97 Å². The third-order valence-electron chi connectivity index (χ3n) is 3.86. The summed E-state index contributed by atoms with van der Waals surface area (Å²) in [7, 11) is 1.61. The summed E-state index contributed by atoms with van der Waals surface area (Å²) >= 11 is 0. The van der Waals surface area contributed by atoms with E-state index in [1.54, 1.807) is 7.11 Å². The summed E-state index contributed by atoms with van der Waals surface area (Å²) in [5.74, 6) is 0.483. The van der Waals surface area contributed by atoms with E-state index in [1.165, 1.54) is 0 Å². The summed E-state index contributed by atoms with van der Waals surface area (Å²) in [6.07, 6.45) is 3.40. The van der Waals surface area contributed by atoms with Crippen LogP contribution in [0.1, 0.15) is 32.6 Å². The molecule has 2 atom stereocenters. The standard InChI is InChI=1S/C16H23NO4/c1-3-21-15-10-13(7-8-14(15)20-2)17-12-6-4-5-11(9-12)16(18)19/h7-8,10-12,17H,3-6,9H2,1-2H3,(H,18,19). The molecule has 1 aliphatic rings. The van der Waals surface area contributed by atoms with Crippen LogP contribution >= 0.6 is 0 Å². The summed E-state index contributed by atoms with van der Waals surface area (Å²) in [6.45, 7) is 2.50. The molecule has 1 aromatic rings. The predicted octanol–water partition coefficient (Wildman–Crippen LogP) is 3.15. The maximum Gasteiger partial charge on any atom is 0.306 e. The van der Waals surface area contributed by atoms with Crippen LogP contribution in [0, 0.1) is 5.92 Å². The number of carbonyl (C=O) groups is 1. The molecule has 116 valence electrons. The lowest BCUT2D eigenvalue weighted by molar-refractivity contribution is -0.142.